The van der Waals surface area contributed by atoms with E-state index in [1.165, 1.54) is 57.8 Å². The fourth-order valence-electron chi connectivity index (χ4n) is 11.3. The third-order valence-electron chi connectivity index (χ3n) is 14.0. The van der Waals surface area contributed by atoms with Gasteiger partial charge in [-0.15, -0.1) is 0 Å². The highest BCUT2D eigenvalue weighted by Crippen LogP contribution is 2.78. The van der Waals surface area contributed by atoms with Crippen molar-refractivity contribution in [3.8, 4) is 0 Å². The summed E-state index contributed by atoms with van der Waals surface area (Å²) in [5.41, 5.74) is 2.27. The second-order valence-electron chi connectivity index (χ2n) is 15.6. The van der Waals surface area contributed by atoms with Gasteiger partial charge in [-0.1, -0.05) is 55.4 Å². The fraction of sp³-hybridized carbons (Fsp3) is 1.00. The van der Waals surface area contributed by atoms with Crippen LogP contribution in [-0.2, 0) is 0 Å². The average molecular weight is 445 g/mol. The van der Waals surface area contributed by atoms with Crippen molar-refractivity contribution in [1.29, 1.82) is 0 Å². The summed E-state index contributed by atoms with van der Waals surface area (Å²) in [6, 6.07) is 0. The van der Waals surface area contributed by atoms with E-state index in [1.54, 1.807) is 0 Å². The first kappa shape index (κ1) is 23.7. The Morgan fingerprint density at radius 2 is 1.22 bits per heavy atom. The number of aliphatic hydroxyl groups excluding tert-OH is 2. The van der Waals surface area contributed by atoms with Crippen molar-refractivity contribution in [1.82, 2.24) is 0 Å². The van der Waals surface area contributed by atoms with Gasteiger partial charge in [-0.05, 0) is 120 Å². The van der Waals surface area contributed by atoms with Crippen LogP contribution in [-0.4, -0.2) is 22.4 Å². The molecule has 0 spiro atoms. The van der Waals surface area contributed by atoms with Crippen LogP contribution in [0.2, 0.25) is 0 Å². The quantitative estimate of drug-likeness (QED) is 0.414. The third-order valence-corrected chi connectivity index (χ3v) is 14.0. The molecule has 0 amide bonds. The Labute approximate surface area is 198 Å². The van der Waals surface area contributed by atoms with Crippen molar-refractivity contribution in [2.45, 2.75) is 132 Å². The second kappa shape index (κ2) is 6.77. The van der Waals surface area contributed by atoms with Gasteiger partial charge in [0.25, 0.3) is 0 Å². The first-order valence-corrected chi connectivity index (χ1v) is 14.0. The molecule has 5 aliphatic rings. The predicted octanol–water partition coefficient (Wildman–Crippen LogP) is 7.22. The first-order valence-electron chi connectivity index (χ1n) is 14.0. The summed E-state index contributed by atoms with van der Waals surface area (Å²) in [5, 5.41) is 21.6. The summed E-state index contributed by atoms with van der Waals surface area (Å²) in [6.45, 7) is 20.4. The van der Waals surface area contributed by atoms with Crippen LogP contribution in [0.5, 0.6) is 0 Å². The standard InChI is InChI=1S/C30H52O2/c1-19-24(32)20(31)17-22-27(19,5)10-9-21-28(22,6)14-16-30(8)23-18-25(2,3)11-12-26(23,4)13-15-29(21,30)7/h19-24,31-32H,9-18H2,1-8H3/t19-,20+,21+,22+,23-,24-,26+,27+,28-,29+,30-/m0/s1. The van der Waals surface area contributed by atoms with Crippen LogP contribution in [0.4, 0.5) is 0 Å². The van der Waals surface area contributed by atoms with Gasteiger partial charge in [0, 0.05) is 0 Å². The van der Waals surface area contributed by atoms with E-state index in [0.29, 0.717) is 27.6 Å². The zero-order chi connectivity index (χ0) is 23.5. The minimum atomic E-state index is -0.555. The van der Waals surface area contributed by atoms with Crippen molar-refractivity contribution in [2.24, 2.45) is 56.2 Å². The molecule has 2 N–H and O–H groups in total. The van der Waals surface area contributed by atoms with E-state index in [4.69, 9.17) is 0 Å². The molecular weight excluding hydrogens is 392 g/mol. The van der Waals surface area contributed by atoms with E-state index in [-0.39, 0.29) is 16.7 Å². The molecule has 0 aromatic rings. The lowest BCUT2D eigenvalue weighted by molar-refractivity contribution is -0.270. The third kappa shape index (κ3) is 2.78. The molecule has 0 bridgehead atoms. The highest BCUT2D eigenvalue weighted by atomic mass is 16.3. The smallest absolute Gasteiger partial charge is 0.0829 e. The summed E-state index contributed by atoms with van der Waals surface area (Å²) >= 11 is 0. The van der Waals surface area contributed by atoms with Crippen molar-refractivity contribution >= 4 is 0 Å². The van der Waals surface area contributed by atoms with Crippen LogP contribution in [0.25, 0.3) is 0 Å². The first-order chi connectivity index (χ1) is 14.6. The van der Waals surface area contributed by atoms with Crippen LogP contribution in [0, 0.1) is 56.2 Å². The van der Waals surface area contributed by atoms with E-state index in [9.17, 15) is 10.2 Å². The summed E-state index contributed by atoms with van der Waals surface area (Å²) in [4.78, 5) is 0. The van der Waals surface area contributed by atoms with Crippen LogP contribution in [0.15, 0.2) is 0 Å². The van der Waals surface area contributed by atoms with Crippen molar-refractivity contribution in [2.75, 3.05) is 0 Å². The van der Waals surface area contributed by atoms with Gasteiger partial charge in [-0.2, -0.15) is 0 Å². The average Bonchev–Trinajstić information content (AvgIpc) is 2.72. The minimum absolute atomic E-state index is 0.157. The minimum Gasteiger partial charge on any atom is -0.390 e. The molecular formula is C30H52O2. The van der Waals surface area contributed by atoms with Gasteiger partial charge >= 0.3 is 0 Å². The van der Waals surface area contributed by atoms with Gasteiger partial charge in [0.05, 0.1) is 12.2 Å². The highest BCUT2D eigenvalue weighted by molar-refractivity contribution is 5.20. The number of aliphatic hydroxyl groups is 2. The van der Waals surface area contributed by atoms with Crippen molar-refractivity contribution < 1.29 is 10.2 Å². The molecule has 0 radical (unpaired) electrons. The summed E-state index contributed by atoms with van der Waals surface area (Å²) < 4.78 is 0. The van der Waals surface area contributed by atoms with E-state index < -0.39 is 12.2 Å². The Kier molecular flexibility index (Phi) is 5.01. The lowest BCUT2D eigenvalue weighted by Gasteiger charge is -2.75. The van der Waals surface area contributed by atoms with Crippen LogP contribution in [0.3, 0.4) is 0 Å². The summed E-state index contributed by atoms with van der Waals surface area (Å²) in [7, 11) is 0. The van der Waals surface area contributed by atoms with E-state index >= 15 is 0 Å². The number of hydrogen-bond donors (Lipinski definition) is 2. The zero-order valence-corrected chi connectivity index (χ0v) is 22.4. The molecule has 0 heterocycles. The van der Waals surface area contributed by atoms with E-state index in [2.05, 4.69) is 55.4 Å². The molecule has 0 aliphatic heterocycles. The Bertz CT molecular complexity index is 775. The molecule has 184 valence electrons. The molecule has 5 aliphatic carbocycles. The van der Waals surface area contributed by atoms with Crippen molar-refractivity contribution in [3.05, 3.63) is 0 Å². The van der Waals surface area contributed by atoms with Crippen LogP contribution >= 0.6 is 0 Å². The van der Waals surface area contributed by atoms with Gasteiger partial charge in [-0.25, -0.2) is 0 Å². The molecule has 11 atom stereocenters. The van der Waals surface area contributed by atoms with Gasteiger partial charge in [0.15, 0.2) is 0 Å². The molecule has 5 rings (SSSR count). The zero-order valence-electron chi connectivity index (χ0n) is 22.4. The highest BCUT2D eigenvalue weighted by Gasteiger charge is 2.71. The van der Waals surface area contributed by atoms with Crippen molar-refractivity contribution in [3.63, 3.8) is 0 Å². The van der Waals surface area contributed by atoms with Crippen LogP contribution < -0.4 is 0 Å². The van der Waals surface area contributed by atoms with Gasteiger partial charge in [0.1, 0.15) is 0 Å². The Hall–Kier alpha value is -0.0800. The molecule has 0 aromatic heterocycles. The predicted molar refractivity (Wildman–Crippen MR) is 132 cm³/mol. The van der Waals surface area contributed by atoms with Crippen LogP contribution in [0.1, 0.15) is 120 Å². The van der Waals surface area contributed by atoms with Gasteiger partial charge < -0.3 is 10.2 Å². The van der Waals surface area contributed by atoms with E-state index in [1.807, 2.05) is 0 Å². The number of rotatable bonds is 0. The molecule has 5 fully saturated rings. The Morgan fingerprint density at radius 1 is 0.625 bits per heavy atom. The SMILES string of the molecule is C[C@H]1[C@H](O)[C@H](O)C[C@@H]2[C@]1(C)CC[C@@H]1[C@]2(C)CC[C@@]2(C)[C@H]3CC(C)(C)CC[C@]3(C)CC[C@]12C. The Morgan fingerprint density at radius 3 is 1.91 bits per heavy atom. The fourth-order valence-corrected chi connectivity index (χ4v) is 11.3. The molecule has 0 saturated heterocycles. The molecule has 5 saturated carbocycles. The molecule has 2 heteroatoms. The molecule has 0 aromatic carbocycles. The largest absolute Gasteiger partial charge is 0.390 e. The normalized spacial score (nSPS) is 61.7. The monoisotopic (exact) mass is 444 g/mol. The maximum absolute atomic E-state index is 10.8. The second-order valence-corrected chi connectivity index (χ2v) is 15.6. The summed E-state index contributed by atoms with van der Waals surface area (Å²) in [5.74, 6) is 2.30. The summed E-state index contributed by atoms with van der Waals surface area (Å²) in [6.07, 6.45) is 11.9. The molecule has 2 nitrogen and oxygen atoms in total. The maximum Gasteiger partial charge on any atom is 0.0829 e. The molecule has 0 unspecified atom stereocenters. The van der Waals surface area contributed by atoms with E-state index in [0.717, 1.165) is 18.3 Å². The molecule has 32 heavy (non-hydrogen) atoms. The maximum atomic E-state index is 10.8. The Balaban J connectivity index is 1.55. The lowest BCUT2D eigenvalue weighted by atomic mass is 9.30. The number of hydrogen-bond acceptors (Lipinski definition) is 2. The van der Waals surface area contributed by atoms with Gasteiger partial charge in [-0.3, -0.25) is 0 Å². The number of fused-ring (bicyclic) bond motifs is 7. The topological polar surface area (TPSA) is 40.5 Å². The lowest BCUT2D eigenvalue weighted by Crippen LogP contribution is -2.68. The van der Waals surface area contributed by atoms with Gasteiger partial charge in [0.2, 0.25) is 0 Å².